The number of amides is 1. The van der Waals surface area contributed by atoms with Gasteiger partial charge in [-0.3, -0.25) is 4.79 Å². The normalized spacial score (nSPS) is 10.6. The Labute approximate surface area is 159 Å². The van der Waals surface area contributed by atoms with Crippen LogP contribution in [0.1, 0.15) is 9.88 Å². The predicted octanol–water partition coefficient (Wildman–Crippen LogP) is 4.60. The molecule has 0 saturated heterocycles. The van der Waals surface area contributed by atoms with E-state index in [1.54, 1.807) is 29.8 Å². The Bertz CT molecular complexity index is 840. The van der Waals surface area contributed by atoms with E-state index in [0.29, 0.717) is 12.3 Å². The summed E-state index contributed by atoms with van der Waals surface area (Å²) in [5.74, 6) is 1.24. The lowest BCUT2D eigenvalue weighted by atomic mass is 10.3. The van der Waals surface area contributed by atoms with Crippen LogP contribution in [0.15, 0.2) is 46.7 Å². The number of thiazole rings is 1. The monoisotopic (exact) mass is 390 g/mol. The number of carbonyl (C=O) groups excluding carboxylic acids is 1. The molecule has 2 aromatic heterocycles. The number of nitrogens with one attached hydrogen (secondary N) is 1. The van der Waals surface area contributed by atoms with Crippen LogP contribution in [0.3, 0.4) is 0 Å². The van der Waals surface area contributed by atoms with Crippen LogP contribution < -0.4 is 10.1 Å². The Balaban J connectivity index is 1.46. The van der Waals surface area contributed by atoms with E-state index >= 15 is 0 Å². The third-order valence-electron chi connectivity index (χ3n) is 3.42. The van der Waals surface area contributed by atoms with Crippen molar-refractivity contribution in [1.82, 2.24) is 10.3 Å². The van der Waals surface area contributed by atoms with E-state index in [1.165, 1.54) is 11.8 Å². The van der Waals surface area contributed by atoms with E-state index in [2.05, 4.69) is 21.7 Å². The van der Waals surface area contributed by atoms with Crippen LogP contribution in [0.25, 0.3) is 10.6 Å². The average Bonchev–Trinajstić information content (AvgIpc) is 3.27. The Morgan fingerprint density at radius 2 is 2.04 bits per heavy atom. The summed E-state index contributed by atoms with van der Waals surface area (Å²) in [6.45, 7) is 2.55. The molecule has 0 radical (unpaired) electrons. The Hall–Kier alpha value is -1.83. The van der Waals surface area contributed by atoms with Gasteiger partial charge in [0.2, 0.25) is 5.91 Å². The minimum absolute atomic E-state index is 0.0280. The molecule has 2 heterocycles. The van der Waals surface area contributed by atoms with Crippen molar-refractivity contribution in [3.05, 3.63) is 51.7 Å². The number of benzene rings is 1. The molecule has 4 nitrogen and oxygen atoms in total. The van der Waals surface area contributed by atoms with E-state index in [4.69, 9.17) is 4.74 Å². The first-order chi connectivity index (χ1) is 12.1. The van der Waals surface area contributed by atoms with Gasteiger partial charge < -0.3 is 10.1 Å². The topological polar surface area (TPSA) is 51.2 Å². The zero-order chi connectivity index (χ0) is 17.6. The predicted molar refractivity (Wildman–Crippen MR) is 106 cm³/mol. The van der Waals surface area contributed by atoms with Crippen molar-refractivity contribution >= 4 is 40.3 Å². The smallest absolute Gasteiger partial charge is 0.230 e. The van der Waals surface area contributed by atoms with E-state index in [1.807, 2.05) is 37.3 Å². The fourth-order valence-corrected chi connectivity index (χ4v) is 4.47. The zero-order valence-electron chi connectivity index (χ0n) is 13.9. The number of carbonyl (C=O) groups is 1. The van der Waals surface area contributed by atoms with E-state index in [0.717, 1.165) is 31.1 Å². The molecule has 0 aliphatic rings. The van der Waals surface area contributed by atoms with Gasteiger partial charge in [0.05, 0.1) is 35.0 Å². The molecule has 0 saturated carbocycles. The van der Waals surface area contributed by atoms with Crippen molar-refractivity contribution in [1.29, 1.82) is 0 Å². The maximum absolute atomic E-state index is 12.0. The lowest BCUT2D eigenvalue weighted by Crippen LogP contribution is -2.24. The molecular weight excluding hydrogens is 372 g/mol. The molecule has 7 heteroatoms. The molecule has 0 fully saturated rings. The summed E-state index contributed by atoms with van der Waals surface area (Å²) in [6, 6.07) is 11.8. The largest absolute Gasteiger partial charge is 0.497 e. The van der Waals surface area contributed by atoms with E-state index < -0.39 is 0 Å². The first kappa shape index (κ1) is 18.0. The van der Waals surface area contributed by atoms with Crippen LogP contribution in [0.5, 0.6) is 5.75 Å². The summed E-state index contributed by atoms with van der Waals surface area (Å²) in [7, 11) is 1.64. The number of thiophene rings is 1. The highest BCUT2D eigenvalue weighted by Gasteiger charge is 2.08. The van der Waals surface area contributed by atoms with Crippen LogP contribution >= 0.6 is 34.4 Å². The second kappa shape index (κ2) is 8.51. The van der Waals surface area contributed by atoms with Gasteiger partial charge in [-0.1, -0.05) is 0 Å². The molecule has 130 valence electrons. The second-order valence-electron chi connectivity index (χ2n) is 5.26. The number of methoxy groups -OCH3 is 1. The highest BCUT2D eigenvalue weighted by molar-refractivity contribution is 8.00. The van der Waals surface area contributed by atoms with Gasteiger partial charge in [-0.25, -0.2) is 4.98 Å². The van der Waals surface area contributed by atoms with Crippen molar-refractivity contribution < 1.29 is 9.53 Å². The molecule has 3 rings (SSSR count). The summed E-state index contributed by atoms with van der Waals surface area (Å²) >= 11 is 4.83. The molecule has 1 N–H and O–H groups in total. The highest BCUT2D eigenvalue weighted by atomic mass is 32.2. The third-order valence-corrected chi connectivity index (χ3v) is 6.32. The first-order valence-corrected chi connectivity index (χ1v) is 10.4. The van der Waals surface area contributed by atoms with Crippen LogP contribution in [0, 0.1) is 6.92 Å². The van der Waals surface area contributed by atoms with Gasteiger partial charge in [-0.2, -0.15) is 0 Å². The quantitative estimate of drug-likeness (QED) is 0.599. The number of ether oxygens (including phenoxy) is 1. The van der Waals surface area contributed by atoms with Gasteiger partial charge in [0.15, 0.2) is 0 Å². The minimum Gasteiger partial charge on any atom is -0.497 e. The molecule has 0 bridgehead atoms. The second-order valence-corrected chi connectivity index (χ2v) is 8.54. The molecular formula is C18H18N2O2S3. The summed E-state index contributed by atoms with van der Waals surface area (Å²) in [5.41, 5.74) is 1.01. The summed E-state index contributed by atoms with van der Waals surface area (Å²) < 4.78 is 5.13. The summed E-state index contributed by atoms with van der Waals surface area (Å²) in [6.07, 6.45) is 0. The molecule has 0 unspecified atom stereocenters. The van der Waals surface area contributed by atoms with Crippen LogP contribution in [0.4, 0.5) is 0 Å². The SMILES string of the molecule is COc1ccc(SCC(=O)NCc2ccc(-c3csc(C)n3)s2)cc1. The summed E-state index contributed by atoms with van der Waals surface area (Å²) in [4.78, 5) is 19.8. The Morgan fingerprint density at radius 1 is 1.24 bits per heavy atom. The standard InChI is InChI=1S/C18H18N2O2S3/c1-12-20-16(10-23-12)17-8-7-15(25-17)9-19-18(21)11-24-14-5-3-13(22-2)4-6-14/h3-8,10H,9,11H2,1-2H3,(H,19,21). The van der Waals surface area contributed by atoms with Crippen molar-refractivity contribution in [3.8, 4) is 16.3 Å². The Kier molecular flexibility index (Phi) is 6.12. The molecule has 1 aromatic carbocycles. The van der Waals surface area contributed by atoms with Gasteiger partial charge in [0, 0.05) is 15.2 Å². The number of aryl methyl sites for hydroxylation is 1. The molecule has 25 heavy (non-hydrogen) atoms. The molecule has 0 spiro atoms. The maximum Gasteiger partial charge on any atom is 0.230 e. The fraction of sp³-hybridized carbons (Fsp3) is 0.222. The van der Waals surface area contributed by atoms with Crippen molar-refractivity contribution in [2.45, 2.75) is 18.4 Å². The van der Waals surface area contributed by atoms with Gasteiger partial charge in [0.25, 0.3) is 0 Å². The van der Waals surface area contributed by atoms with Crippen LogP contribution in [-0.4, -0.2) is 23.8 Å². The fourth-order valence-electron chi connectivity index (χ4n) is 2.14. The number of rotatable bonds is 7. The number of hydrogen-bond acceptors (Lipinski definition) is 6. The zero-order valence-corrected chi connectivity index (χ0v) is 16.4. The van der Waals surface area contributed by atoms with E-state index in [9.17, 15) is 4.79 Å². The van der Waals surface area contributed by atoms with Crippen molar-refractivity contribution in [2.24, 2.45) is 0 Å². The number of hydrogen-bond donors (Lipinski definition) is 1. The number of thioether (sulfide) groups is 1. The van der Waals surface area contributed by atoms with Gasteiger partial charge in [-0.15, -0.1) is 34.4 Å². The van der Waals surface area contributed by atoms with Crippen LogP contribution in [0.2, 0.25) is 0 Å². The first-order valence-electron chi connectivity index (χ1n) is 7.69. The van der Waals surface area contributed by atoms with Crippen molar-refractivity contribution in [2.75, 3.05) is 12.9 Å². The van der Waals surface area contributed by atoms with Crippen LogP contribution in [-0.2, 0) is 11.3 Å². The number of nitrogens with zero attached hydrogens (tertiary/aromatic N) is 1. The van der Waals surface area contributed by atoms with Crippen molar-refractivity contribution in [3.63, 3.8) is 0 Å². The lowest BCUT2D eigenvalue weighted by Gasteiger charge is -2.05. The molecule has 1 amide bonds. The van der Waals surface area contributed by atoms with Gasteiger partial charge in [-0.05, 0) is 43.3 Å². The molecule has 0 aliphatic heterocycles. The van der Waals surface area contributed by atoms with Gasteiger partial charge in [0.1, 0.15) is 5.75 Å². The molecule has 0 atom stereocenters. The maximum atomic E-state index is 12.0. The van der Waals surface area contributed by atoms with Gasteiger partial charge >= 0.3 is 0 Å². The number of aromatic nitrogens is 1. The minimum atomic E-state index is 0.0280. The average molecular weight is 391 g/mol. The third kappa shape index (κ3) is 5.07. The summed E-state index contributed by atoms with van der Waals surface area (Å²) in [5, 5.41) is 6.10. The van der Waals surface area contributed by atoms with E-state index in [-0.39, 0.29) is 5.91 Å². The lowest BCUT2D eigenvalue weighted by molar-refractivity contribution is -0.118. The highest BCUT2D eigenvalue weighted by Crippen LogP contribution is 2.29. The Morgan fingerprint density at radius 3 is 2.72 bits per heavy atom. The molecule has 0 aliphatic carbocycles. The molecule has 3 aromatic rings.